The summed E-state index contributed by atoms with van der Waals surface area (Å²) >= 11 is 7.60. The number of hydrogen-bond acceptors (Lipinski definition) is 5. The minimum absolute atomic E-state index is 0.0311. The zero-order chi connectivity index (χ0) is 19.2. The minimum Gasteiger partial charge on any atom is -0.322 e. The number of non-ortho nitro benzene ring substituents is 1. The fraction of sp³-hybridized carbons (Fsp3) is 0.0526. The minimum atomic E-state index is -0.559. The lowest BCUT2D eigenvalue weighted by atomic mass is 10.1. The molecule has 0 saturated heterocycles. The fourth-order valence-electron chi connectivity index (χ4n) is 2.33. The van der Waals surface area contributed by atoms with Gasteiger partial charge in [0.15, 0.2) is 0 Å². The molecule has 0 spiro atoms. The normalized spacial score (nSPS) is 10.4. The molecule has 1 heterocycles. The molecule has 3 rings (SSSR count). The number of nitro benzene ring substituents is 1. The van der Waals surface area contributed by atoms with Crippen LogP contribution in [0.2, 0.25) is 5.02 Å². The third-order valence-corrected chi connectivity index (χ3v) is 4.95. The fourth-order valence-corrected chi connectivity index (χ4v) is 3.39. The highest BCUT2D eigenvalue weighted by molar-refractivity contribution is 7.98. The van der Waals surface area contributed by atoms with Gasteiger partial charge in [0, 0.05) is 29.8 Å². The molecule has 1 amide bonds. The Morgan fingerprint density at radius 3 is 2.70 bits per heavy atom. The van der Waals surface area contributed by atoms with Gasteiger partial charge < -0.3 is 5.32 Å². The van der Waals surface area contributed by atoms with Crippen molar-refractivity contribution in [2.24, 2.45) is 0 Å². The molecule has 2 aromatic carbocycles. The van der Waals surface area contributed by atoms with Crippen LogP contribution in [0.4, 0.5) is 11.4 Å². The van der Waals surface area contributed by atoms with Crippen molar-refractivity contribution in [1.29, 1.82) is 0 Å². The largest absolute Gasteiger partial charge is 0.322 e. The third kappa shape index (κ3) is 5.06. The monoisotopic (exact) mass is 399 g/mol. The summed E-state index contributed by atoms with van der Waals surface area (Å²) in [5.41, 5.74) is 1.66. The van der Waals surface area contributed by atoms with Gasteiger partial charge in [-0.2, -0.15) is 0 Å². The van der Waals surface area contributed by atoms with Gasteiger partial charge in [-0.3, -0.25) is 14.9 Å². The van der Waals surface area contributed by atoms with Gasteiger partial charge >= 0.3 is 0 Å². The van der Waals surface area contributed by atoms with Crippen molar-refractivity contribution in [1.82, 2.24) is 4.98 Å². The van der Waals surface area contributed by atoms with E-state index in [9.17, 15) is 14.9 Å². The molecule has 27 heavy (non-hydrogen) atoms. The van der Waals surface area contributed by atoms with E-state index < -0.39 is 10.8 Å². The van der Waals surface area contributed by atoms with Crippen molar-refractivity contribution >= 4 is 40.6 Å². The topological polar surface area (TPSA) is 85.1 Å². The van der Waals surface area contributed by atoms with Gasteiger partial charge in [0.1, 0.15) is 0 Å². The molecule has 0 aliphatic rings. The van der Waals surface area contributed by atoms with Gasteiger partial charge in [0.05, 0.1) is 20.5 Å². The first-order valence-electron chi connectivity index (χ1n) is 7.91. The number of carbonyl (C=O) groups is 1. The van der Waals surface area contributed by atoms with Crippen molar-refractivity contribution < 1.29 is 9.72 Å². The Kier molecular flexibility index (Phi) is 6.05. The second-order valence-corrected chi connectivity index (χ2v) is 6.94. The van der Waals surface area contributed by atoms with Crippen molar-refractivity contribution in [2.45, 2.75) is 10.8 Å². The number of nitro groups is 1. The second-order valence-electron chi connectivity index (χ2n) is 5.53. The van der Waals surface area contributed by atoms with Crippen molar-refractivity contribution in [3.63, 3.8) is 0 Å². The number of aromatic nitrogens is 1. The summed E-state index contributed by atoms with van der Waals surface area (Å²) in [6, 6.07) is 16.9. The van der Waals surface area contributed by atoms with Crippen LogP contribution in [-0.2, 0) is 5.75 Å². The van der Waals surface area contributed by atoms with Gasteiger partial charge in [0.2, 0.25) is 0 Å². The van der Waals surface area contributed by atoms with Crippen LogP contribution in [0.15, 0.2) is 71.9 Å². The molecule has 0 aliphatic heterocycles. The molecule has 8 heteroatoms. The van der Waals surface area contributed by atoms with Gasteiger partial charge in [-0.15, -0.1) is 11.8 Å². The number of nitrogens with one attached hydrogen (secondary N) is 1. The van der Waals surface area contributed by atoms with Crippen LogP contribution in [0.25, 0.3) is 0 Å². The summed E-state index contributed by atoms with van der Waals surface area (Å²) in [6.45, 7) is 0. The molecule has 0 bridgehead atoms. The highest BCUT2D eigenvalue weighted by atomic mass is 35.5. The van der Waals surface area contributed by atoms with E-state index in [-0.39, 0.29) is 16.3 Å². The number of benzene rings is 2. The van der Waals surface area contributed by atoms with Gasteiger partial charge in [0.25, 0.3) is 11.6 Å². The molecule has 1 aromatic heterocycles. The Balaban J connectivity index is 1.68. The van der Waals surface area contributed by atoms with Crippen molar-refractivity contribution in [3.05, 3.63) is 93.1 Å². The summed E-state index contributed by atoms with van der Waals surface area (Å²) in [6.07, 6.45) is 1.74. The highest BCUT2D eigenvalue weighted by Gasteiger charge is 2.15. The number of pyridine rings is 1. The van der Waals surface area contributed by atoms with Crippen LogP contribution in [0.3, 0.4) is 0 Å². The smallest absolute Gasteiger partial charge is 0.270 e. The van der Waals surface area contributed by atoms with E-state index in [2.05, 4.69) is 10.3 Å². The van der Waals surface area contributed by atoms with E-state index in [1.165, 1.54) is 12.1 Å². The van der Waals surface area contributed by atoms with E-state index >= 15 is 0 Å². The van der Waals surface area contributed by atoms with Gasteiger partial charge in [-0.05, 0) is 35.9 Å². The van der Waals surface area contributed by atoms with Crippen LogP contribution in [-0.4, -0.2) is 15.8 Å². The summed E-state index contributed by atoms with van der Waals surface area (Å²) in [4.78, 5) is 26.9. The molecule has 3 aromatic rings. The molecule has 0 radical (unpaired) electrons. The van der Waals surface area contributed by atoms with Crippen LogP contribution < -0.4 is 5.32 Å². The number of nitrogens with zero attached hydrogens (tertiary/aromatic N) is 2. The molecule has 136 valence electrons. The average molecular weight is 400 g/mol. The Hall–Kier alpha value is -2.90. The predicted octanol–water partition coefficient (Wildman–Crippen LogP) is 5.19. The molecule has 6 nitrogen and oxygen atoms in total. The first-order valence-corrected chi connectivity index (χ1v) is 9.27. The maximum atomic E-state index is 12.4. The molecular formula is C19H14ClN3O3S. The predicted molar refractivity (Wildman–Crippen MR) is 106 cm³/mol. The Morgan fingerprint density at radius 2 is 2.00 bits per heavy atom. The maximum absolute atomic E-state index is 12.4. The van der Waals surface area contributed by atoms with Crippen LogP contribution in [0.5, 0.6) is 0 Å². The number of hydrogen-bond donors (Lipinski definition) is 1. The summed E-state index contributed by atoms with van der Waals surface area (Å²) in [5, 5.41) is 14.5. The van der Waals surface area contributed by atoms with E-state index in [1.807, 2.05) is 36.4 Å². The number of rotatable bonds is 6. The quantitative estimate of drug-likeness (QED) is 0.350. The average Bonchev–Trinajstić information content (AvgIpc) is 2.67. The second kappa shape index (κ2) is 8.66. The van der Waals surface area contributed by atoms with E-state index in [0.717, 1.165) is 16.7 Å². The van der Waals surface area contributed by atoms with Crippen LogP contribution >= 0.6 is 23.4 Å². The molecule has 1 N–H and O–H groups in total. The van der Waals surface area contributed by atoms with Crippen LogP contribution in [0, 0.1) is 10.1 Å². The summed E-state index contributed by atoms with van der Waals surface area (Å²) in [7, 11) is 0. The number of amides is 1. The molecule has 0 aliphatic carbocycles. The first kappa shape index (κ1) is 18.9. The lowest BCUT2D eigenvalue weighted by Crippen LogP contribution is -2.12. The molecule has 0 unspecified atom stereocenters. The summed E-state index contributed by atoms with van der Waals surface area (Å²) in [5.74, 6) is 0.281. The van der Waals surface area contributed by atoms with Crippen LogP contribution in [0.1, 0.15) is 15.9 Å². The first-order chi connectivity index (χ1) is 13.0. The number of halogens is 1. The standard InChI is InChI=1S/C19H14ClN3O3S/c20-17-11-15(23(25)26)7-8-16(17)19(24)22-14-5-3-4-13(10-14)12-27-18-6-1-2-9-21-18/h1-11H,12H2,(H,22,24). The zero-order valence-corrected chi connectivity index (χ0v) is 15.5. The van der Waals surface area contributed by atoms with E-state index in [0.29, 0.717) is 11.4 Å². The molecule has 0 saturated carbocycles. The highest BCUT2D eigenvalue weighted by Crippen LogP contribution is 2.25. The van der Waals surface area contributed by atoms with Crippen molar-refractivity contribution in [2.75, 3.05) is 5.32 Å². The molecule has 0 fully saturated rings. The maximum Gasteiger partial charge on any atom is 0.270 e. The SMILES string of the molecule is O=C(Nc1cccc(CSc2ccccn2)c1)c1ccc([N+](=O)[O-])cc1Cl. The lowest BCUT2D eigenvalue weighted by Gasteiger charge is -2.08. The number of thioether (sulfide) groups is 1. The Labute approximate surface area is 164 Å². The van der Waals surface area contributed by atoms with Gasteiger partial charge in [-0.25, -0.2) is 4.98 Å². The van der Waals surface area contributed by atoms with Crippen molar-refractivity contribution in [3.8, 4) is 0 Å². The molecule has 0 atom stereocenters. The zero-order valence-electron chi connectivity index (χ0n) is 14.0. The lowest BCUT2D eigenvalue weighted by molar-refractivity contribution is -0.384. The number of anilines is 1. The third-order valence-electron chi connectivity index (χ3n) is 3.62. The Morgan fingerprint density at radius 1 is 1.15 bits per heavy atom. The van der Waals surface area contributed by atoms with E-state index in [1.54, 1.807) is 24.0 Å². The summed E-state index contributed by atoms with van der Waals surface area (Å²) < 4.78 is 0. The Bertz CT molecular complexity index is 983. The van der Waals surface area contributed by atoms with E-state index in [4.69, 9.17) is 11.6 Å². The van der Waals surface area contributed by atoms with Gasteiger partial charge in [-0.1, -0.05) is 29.8 Å². The number of carbonyl (C=O) groups excluding carboxylic acids is 1. The molecular weight excluding hydrogens is 386 g/mol.